The summed E-state index contributed by atoms with van der Waals surface area (Å²) in [6.45, 7) is 0. The van der Waals surface area contributed by atoms with E-state index in [2.05, 4.69) is 68.3 Å². The molecule has 0 unspecified atom stereocenters. The predicted octanol–water partition coefficient (Wildman–Crippen LogP) is 8.01. The maximum Gasteiger partial charge on any atom is 0.0711 e. The second-order valence-electron chi connectivity index (χ2n) is 4.98. The minimum atomic E-state index is 1.20. The van der Waals surface area contributed by atoms with Gasteiger partial charge in [-0.3, -0.25) is 0 Å². The summed E-state index contributed by atoms with van der Waals surface area (Å²) in [4.78, 5) is 0. The molecule has 2 aromatic carbocycles. The minimum Gasteiger partial charge on any atom is -0.135 e. The van der Waals surface area contributed by atoms with Gasteiger partial charge in [0.15, 0.2) is 0 Å². The van der Waals surface area contributed by atoms with Crippen LogP contribution in [0.4, 0.5) is 0 Å². The van der Waals surface area contributed by atoms with Crippen molar-refractivity contribution in [2.24, 2.45) is 0 Å². The van der Waals surface area contributed by atoms with Gasteiger partial charge in [-0.1, -0.05) is 0 Å². The summed E-state index contributed by atoms with van der Waals surface area (Å²) in [5.74, 6) is 0. The van der Waals surface area contributed by atoms with Crippen LogP contribution in [0, 0.1) is 0 Å². The highest BCUT2D eigenvalue weighted by Crippen LogP contribution is 2.42. The lowest BCUT2D eigenvalue weighted by molar-refractivity contribution is 2.01. The molecule has 0 aliphatic carbocycles. The van der Waals surface area contributed by atoms with Gasteiger partial charge in [0.25, 0.3) is 0 Å². The van der Waals surface area contributed by atoms with Gasteiger partial charge in [0.1, 0.15) is 0 Å². The van der Waals surface area contributed by atoms with Crippen LogP contribution >= 0.6 is 65.9 Å². The lowest BCUT2D eigenvalue weighted by Gasteiger charge is -1.94. The summed E-state index contributed by atoms with van der Waals surface area (Å²) in [5.41, 5.74) is 0. The van der Waals surface area contributed by atoms with Crippen LogP contribution in [0.3, 0.4) is 0 Å². The first-order chi connectivity index (χ1) is 10.2. The Labute approximate surface area is 149 Å². The molecule has 0 radical (unpaired) electrons. The van der Waals surface area contributed by atoms with Crippen LogP contribution in [0.25, 0.3) is 40.3 Å². The average Bonchev–Trinajstić information content (AvgIpc) is 3.05. The van der Waals surface area contributed by atoms with Crippen LogP contribution in [0.5, 0.6) is 0 Å². The molecule has 0 aliphatic rings. The standard InChI is InChI=1S/C16H6Br2S3/c17-15-3-7-1-13-9(5-11(7)20-15)10-6-12-8(2-14(10)19-13)4-16(18)21-12/h1-6H. The molecule has 0 nitrogen and oxygen atoms in total. The molecule has 21 heavy (non-hydrogen) atoms. The summed E-state index contributed by atoms with van der Waals surface area (Å²) < 4.78 is 7.84. The molecule has 0 saturated carbocycles. The van der Waals surface area contributed by atoms with Crippen LogP contribution in [0.1, 0.15) is 0 Å². The highest BCUT2D eigenvalue weighted by atomic mass is 79.9. The SMILES string of the molecule is Brc1cc2cc3sc4cc5cc(Br)sc5cc4c3cc2s1. The summed E-state index contributed by atoms with van der Waals surface area (Å²) in [6, 6.07) is 13.7. The Morgan fingerprint density at radius 3 is 1.48 bits per heavy atom. The van der Waals surface area contributed by atoms with Crippen molar-refractivity contribution < 1.29 is 0 Å². The van der Waals surface area contributed by atoms with Crippen LogP contribution in [0.15, 0.2) is 44.0 Å². The summed E-state index contributed by atoms with van der Waals surface area (Å²) >= 11 is 12.7. The third-order valence-corrected chi connectivity index (χ3v) is 8.00. The number of fused-ring (bicyclic) bond motifs is 5. The molecule has 3 heterocycles. The number of halogens is 2. The fraction of sp³-hybridized carbons (Fsp3) is 0. The van der Waals surface area contributed by atoms with Crippen LogP contribution < -0.4 is 0 Å². The molecule has 5 rings (SSSR count). The molecular formula is C16H6Br2S3. The van der Waals surface area contributed by atoms with E-state index in [0.29, 0.717) is 0 Å². The molecule has 5 aromatic rings. The molecule has 0 saturated heterocycles. The molecule has 0 N–H and O–H groups in total. The zero-order valence-corrected chi connectivity index (χ0v) is 16.1. The molecule has 102 valence electrons. The molecular weight excluding hydrogens is 448 g/mol. The van der Waals surface area contributed by atoms with Gasteiger partial charge in [-0.2, -0.15) is 0 Å². The quantitative estimate of drug-likeness (QED) is 0.222. The van der Waals surface area contributed by atoms with Crippen LogP contribution in [-0.4, -0.2) is 0 Å². The second kappa shape index (κ2) is 4.52. The van der Waals surface area contributed by atoms with E-state index < -0.39 is 0 Å². The largest absolute Gasteiger partial charge is 0.135 e. The zero-order valence-electron chi connectivity index (χ0n) is 10.4. The van der Waals surface area contributed by atoms with Gasteiger partial charge in [0, 0.05) is 29.6 Å². The number of thiophene rings is 3. The third kappa shape index (κ3) is 1.95. The molecule has 0 spiro atoms. The van der Waals surface area contributed by atoms with E-state index in [1.54, 1.807) is 22.7 Å². The zero-order chi connectivity index (χ0) is 14.1. The Kier molecular flexibility index (Phi) is 2.80. The van der Waals surface area contributed by atoms with Crippen molar-refractivity contribution in [3.05, 3.63) is 44.0 Å². The molecule has 0 atom stereocenters. The van der Waals surface area contributed by atoms with Crippen molar-refractivity contribution in [2.45, 2.75) is 0 Å². The molecule has 0 fully saturated rings. The minimum absolute atomic E-state index is 1.20. The van der Waals surface area contributed by atoms with Gasteiger partial charge in [0.2, 0.25) is 0 Å². The van der Waals surface area contributed by atoms with Gasteiger partial charge in [-0.15, -0.1) is 34.0 Å². The smallest absolute Gasteiger partial charge is 0.0711 e. The van der Waals surface area contributed by atoms with Crippen molar-refractivity contribution in [2.75, 3.05) is 0 Å². The third-order valence-electron chi connectivity index (χ3n) is 3.69. The van der Waals surface area contributed by atoms with Crippen molar-refractivity contribution in [1.82, 2.24) is 0 Å². The van der Waals surface area contributed by atoms with Crippen molar-refractivity contribution in [3.8, 4) is 0 Å². The molecule has 3 aromatic heterocycles. The summed E-state index contributed by atoms with van der Waals surface area (Å²) in [6.07, 6.45) is 0. The van der Waals surface area contributed by atoms with Gasteiger partial charge in [-0.05, 0) is 79.0 Å². The van der Waals surface area contributed by atoms with Crippen LogP contribution in [-0.2, 0) is 0 Å². The van der Waals surface area contributed by atoms with Gasteiger partial charge in [0.05, 0.1) is 7.57 Å². The first-order valence-corrected chi connectivity index (χ1v) is 10.4. The Bertz CT molecular complexity index is 1070. The predicted molar refractivity (Wildman–Crippen MR) is 105 cm³/mol. The lowest BCUT2D eigenvalue weighted by Crippen LogP contribution is -1.67. The highest BCUT2D eigenvalue weighted by molar-refractivity contribution is 9.11. The molecule has 0 aliphatic heterocycles. The average molecular weight is 454 g/mol. The first-order valence-electron chi connectivity index (χ1n) is 6.32. The van der Waals surface area contributed by atoms with Gasteiger partial charge in [-0.25, -0.2) is 0 Å². The number of benzene rings is 2. The van der Waals surface area contributed by atoms with Gasteiger partial charge < -0.3 is 0 Å². The highest BCUT2D eigenvalue weighted by Gasteiger charge is 2.10. The van der Waals surface area contributed by atoms with E-state index >= 15 is 0 Å². The van der Waals surface area contributed by atoms with Crippen molar-refractivity contribution in [3.63, 3.8) is 0 Å². The maximum absolute atomic E-state index is 3.59. The topological polar surface area (TPSA) is 0 Å². The Morgan fingerprint density at radius 2 is 1.00 bits per heavy atom. The molecule has 0 amide bonds. The summed E-state index contributed by atoms with van der Waals surface area (Å²) in [5, 5.41) is 5.41. The Balaban J connectivity index is 1.97. The fourth-order valence-electron chi connectivity index (χ4n) is 2.78. The normalized spacial score (nSPS) is 12.3. The van der Waals surface area contributed by atoms with E-state index in [4.69, 9.17) is 0 Å². The second-order valence-corrected chi connectivity index (χ2v) is 11.0. The van der Waals surface area contributed by atoms with E-state index in [9.17, 15) is 0 Å². The lowest BCUT2D eigenvalue weighted by atomic mass is 10.1. The van der Waals surface area contributed by atoms with Gasteiger partial charge >= 0.3 is 0 Å². The fourth-order valence-corrected chi connectivity index (χ4v) is 7.10. The number of hydrogen-bond donors (Lipinski definition) is 0. The van der Waals surface area contributed by atoms with E-state index in [1.165, 1.54) is 47.9 Å². The molecule has 5 heteroatoms. The molecule has 0 bridgehead atoms. The first kappa shape index (κ1) is 13.0. The van der Waals surface area contributed by atoms with E-state index in [1.807, 2.05) is 11.3 Å². The monoisotopic (exact) mass is 452 g/mol. The Morgan fingerprint density at radius 1 is 0.524 bits per heavy atom. The van der Waals surface area contributed by atoms with E-state index in [-0.39, 0.29) is 0 Å². The number of rotatable bonds is 0. The Hall–Kier alpha value is -0.460. The van der Waals surface area contributed by atoms with Crippen molar-refractivity contribution >= 4 is 106 Å². The maximum atomic E-state index is 3.59. The summed E-state index contributed by atoms with van der Waals surface area (Å²) in [7, 11) is 0. The number of hydrogen-bond acceptors (Lipinski definition) is 3. The van der Waals surface area contributed by atoms with Crippen LogP contribution in [0.2, 0.25) is 0 Å². The van der Waals surface area contributed by atoms with Crippen molar-refractivity contribution in [1.29, 1.82) is 0 Å². The van der Waals surface area contributed by atoms with E-state index in [0.717, 1.165) is 0 Å².